The van der Waals surface area contributed by atoms with Gasteiger partial charge in [0.1, 0.15) is 17.4 Å². The zero-order valence-corrected chi connectivity index (χ0v) is 15.8. The molecule has 2 N–H and O–H groups in total. The van der Waals surface area contributed by atoms with E-state index in [1.807, 2.05) is 6.92 Å². The van der Waals surface area contributed by atoms with E-state index < -0.39 is 5.92 Å². The quantitative estimate of drug-likeness (QED) is 0.869. The molecule has 0 spiro atoms. The van der Waals surface area contributed by atoms with Gasteiger partial charge in [0.25, 0.3) is 0 Å². The smallest absolute Gasteiger partial charge is 0.205 e. The predicted molar refractivity (Wildman–Crippen MR) is 97.2 cm³/mol. The number of nitriles is 1. The number of ether oxygens (including phenoxy) is 4. The molecule has 0 saturated heterocycles. The summed E-state index contributed by atoms with van der Waals surface area (Å²) < 4.78 is 22.0. The molecule has 0 aromatic heterocycles. The number of Topliss-reactive ketones (excluding diaryl/α,β-unsaturated/α-hetero) is 1. The van der Waals surface area contributed by atoms with Gasteiger partial charge in [-0.2, -0.15) is 5.26 Å². The molecule has 2 atom stereocenters. The van der Waals surface area contributed by atoms with Crippen LogP contribution in [-0.4, -0.2) is 27.1 Å². The number of nitrogens with two attached hydrogens (primary N) is 1. The number of carbonyl (C=O) groups is 1. The molecule has 0 saturated carbocycles. The fourth-order valence-electron chi connectivity index (χ4n) is 3.76. The Balaban J connectivity index is 2.28. The van der Waals surface area contributed by atoms with E-state index in [9.17, 15) is 10.1 Å². The molecule has 1 aromatic rings. The highest BCUT2D eigenvalue weighted by molar-refractivity contribution is 6.00. The number of rotatable bonds is 4. The number of carbonyl (C=O) groups excluding carboxylic acids is 1. The third-order valence-electron chi connectivity index (χ3n) is 4.91. The lowest BCUT2D eigenvalue weighted by molar-refractivity contribution is -0.117. The minimum absolute atomic E-state index is 0.0139. The highest BCUT2D eigenvalue weighted by Gasteiger charge is 2.41. The van der Waals surface area contributed by atoms with Gasteiger partial charge in [0, 0.05) is 24.0 Å². The number of ketones is 1. The van der Waals surface area contributed by atoms with E-state index in [0.717, 1.165) is 0 Å². The minimum atomic E-state index is -0.673. The number of allylic oxidation sites excluding steroid dienone is 3. The zero-order chi connectivity index (χ0) is 19.7. The molecule has 3 rings (SSSR count). The maximum Gasteiger partial charge on any atom is 0.205 e. The highest BCUT2D eigenvalue weighted by Crippen LogP contribution is 2.50. The van der Waals surface area contributed by atoms with Crippen molar-refractivity contribution in [1.29, 1.82) is 5.26 Å². The molecule has 0 radical (unpaired) electrons. The number of hydrogen-bond acceptors (Lipinski definition) is 7. The summed E-state index contributed by atoms with van der Waals surface area (Å²) in [6, 6.07) is 5.58. The summed E-state index contributed by atoms with van der Waals surface area (Å²) in [7, 11) is 4.53. The first-order valence-corrected chi connectivity index (χ1v) is 8.59. The van der Waals surface area contributed by atoms with Crippen LogP contribution in [-0.2, 0) is 9.53 Å². The fraction of sp³-hybridized carbons (Fsp3) is 0.400. The molecule has 27 heavy (non-hydrogen) atoms. The van der Waals surface area contributed by atoms with Crippen LogP contribution in [0.1, 0.15) is 31.2 Å². The number of methoxy groups -OCH3 is 3. The molecule has 0 fully saturated rings. The van der Waals surface area contributed by atoms with Gasteiger partial charge in [-0.05, 0) is 12.0 Å². The van der Waals surface area contributed by atoms with Crippen molar-refractivity contribution in [3.05, 3.63) is 40.5 Å². The van der Waals surface area contributed by atoms with E-state index in [1.165, 1.54) is 21.3 Å². The lowest BCUT2D eigenvalue weighted by atomic mass is 9.75. The molecule has 7 nitrogen and oxygen atoms in total. The van der Waals surface area contributed by atoms with Crippen LogP contribution in [0.3, 0.4) is 0 Å². The molecular formula is C20H22N2O5. The average Bonchev–Trinajstić information content (AvgIpc) is 2.65. The first-order valence-electron chi connectivity index (χ1n) is 8.59. The maximum atomic E-state index is 12.9. The van der Waals surface area contributed by atoms with Crippen LogP contribution in [0, 0.1) is 17.2 Å². The first-order chi connectivity index (χ1) is 13.0. The van der Waals surface area contributed by atoms with Crippen molar-refractivity contribution < 1.29 is 23.7 Å². The van der Waals surface area contributed by atoms with Gasteiger partial charge < -0.3 is 24.7 Å². The van der Waals surface area contributed by atoms with Crippen molar-refractivity contribution in [2.45, 2.75) is 25.7 Å². The van der Waals surface area contributed by atoms with Crippen LogP contribution < -0.4 is 19.9 Å². The van der Waals surface area contributed by atoms with E-state index >= 15 is 0 Å². The van der Waals surface area contributed by atoms with Crippen LogP contribution in [0.5, 0.6) is 17.2 Å². The molecule has 0 unspecified atom stereocenters. The molecule has 142 valence electrons. The summed E-state index contributed by atoms with van der Waals surface area (Å²) in [5.41, 5.74) is 7.28. The van der Waals surface area contributed by atoms with Gasteiger partial charge in [-0.1, -0.05) is 13.0 Å². The lowest BCUT2D eigenvalue weighted by Gasteiger charge is -2.33. The zero-order valence-electron chi connectivity index (χ0n) is 15.8. The molecule has 0 bridgehead atoms. The molecule has 1 aromatic carbocycles. The van der Waals surface area contributed by atoms with Gasteiger partial charge in [0.2, 0.25) is 11.6 Å². The SMILES string of the molecule is COc1ccc([C@H]2C(C#N)=C(N)OC3=C2C(=O)C[C@H](C)C3)c(OC)c1OC. The van der Waals surface area contributed by atoms with Crippen molar-refractivity contribution in [2.75, 3.05) is 21.3 Å². The Morgan fingerprint density at radius 1 is 1.15 bits per heavy atom. The number of nitrogens with zero attached hydrogens (tertiary/aromatic N) is 1. The monoisotopic (exact) mass is 370 g/mol. The van der Waals surface area contributed by atoms with E-state index in [2.05, 4.69) is 6.07 Å². The minimum Gasteiger partial charge on any atom is -0.493 e. The molecule has 1 aliphatic carbocycles. The number of benzene rings is 1. The normalized spacial score (nSPS) is 22.0. The molecule has 1 heterocycles. The molecule has 1 aliphatic heterocycles. The highest BCUT2D eigenvalue weighted by atomic mass is 16.5. The maximum absolute atomic E-state index is 12.9. The van der Waals surface area contributed by atoms with Crippen LogP contribution in [0.25, 0.3) is 0 Å². The summed E-state index contributed by atoms with van der Waals surface area (Å²) in [4.78, 5) is 12.9. The Kier molecular flexibility index (Phi) is 5.00. The van der Waals surface area contributed by atoms with E-state index in [1.54, 1.807) is 12.1 Å². The third kappa shape index (κ3) is 2.97. The van der Waals surface area contributed by atoms with Crippen molar-refractivity contribution in [2.24, 2.45) is 11.7 Å². The Bertz CT molecular complexity index is 894. The molecular weight excluding hydrogens is 348 g/mol. The van der Waals surface area contributed by atoms with E-state index in [-0.39, 0.29) is 23.2 Å². The Morgan fingerprint density at radius 3 is 2.44 bits per heavy atom. The second-order valence-corrected chi connectivity index (χ2v) is 6.62. The Hall–Kier alpha value is -3.14. The lowest BCUT2D eigenvalue weighted by Crippen LogP contribution is -2.30. The second kappa shape index (κ2) is 7.23. The van der Waals surface area contributed by atoms with E-state index in [0.29, 0.717) is 47.0 Å². The van der Waals surface area contributed by atoms with Crippen molar-refractivity contribution in [3.63, 3.8) is 0 Å². The van der Waals surface area contributed by atoms with Gasteiger partial charge in [-0.3, -0.25) is 4.79 Å². The summed E-state index contributed by atoms with van der Waals surface area (Å²) in [6.07, 6.45) is 0.986. The summed E-state index contributed by atoms with van der Waals surface area (Å²) in [6.45, 7) is 1.98. The number of hydrogen-bond donors (Lipinski definition) is 1. The van der Waals surface area contributed by atoms with Crippen molar-refractivity contribution >= 4 is 5.78 Å². The van der Waals surface area contributed by atoms with Crippen molar-refractivity contribution in [1.82, 2.24) is 0 Å². The standard InChI is InChI=1S/C20H22N2O5/c1-10-7-13(23)17-15(8-10)27-20(22)12(9-21)16(17)11-5-6-14(24-2)19(26-4)18(11)25-3/h5-6,10,16H,7-8,22H2,1-4H3/t10-,16-/m0/s1. The predicted octanol–water partition coefficient (Wildman–Crippen LogP) is 2.77. The summed E-state index contributed by atoms with van der Waals surface area (Å²) in [5, 5.41) is 9.71. The average molecular weight is 370 g/mol. The van der Waals surface area contributed by atoms with E-state index in [4.69, 9.17) is 24.7 Å². The first kappa shape index (κ1) is 18.6. The molecule has 0 amide bonds. The largest absolute Gasteiger partial charge is 0.493 e. The van der Waals surface area contributed by atoms with Gasteiger partial charge in [0.15, 0.2) is 17.3 Å². The molecule has 2 aliphatic rings. The Labute approximate surface area is 157 Å². The van der Waals surface area contributed by atoms with Crippen LogP contribution in [0.15, 0.2) is 34.9 Å². The topological polar surface area (TPSA) is 104 Å². The van der Waals surface area contributed by atoms with Gasteiger partial charge in [-0.25, -0.2) is 0 Å². The third-order valence-corrected chi connectivity index (χ3v) is 4.91. The van der Waals surface area contributed by atoms with Crippen LogP contribution >= 0.6 is 0 Å². The van der Waals surface area contributed by atoms with Gasteiger partial charge in [0.05, 0.1) is 27.2 Å². The van der Waals surface area contributed by atoms with Gasteiger partial charge >= 0.3 is 0 Å². The molecule has 7 heteroatoms. The summed E-state index contributed by atoms with van der Waals surface area (Å²) in [5.74, 6) is 1.23. The van der Waals surface area contributed by atoms with Crippen LogP contribution in [0.2, 0.25) is 0 Å². The van der Waals surface area contributed by atoms with Gasteiger partial charge in [-0.15, -0.1) is 0 Å². The fourth-order valence-corrected chi connectivity index (χ4v) is 3.76. The Morgan fingerprint density at radius 2 is 1.85 bits per heavy atom. The van der Waals surface area contributed by atoms with Crippen LogP contribution in [0.4, 0.5) is 0 Å². The summed E-state index contributed by atoms with van der Waals surface area (Å²) >= 11 is 0. The second-order valence-electron chi connectivity index (χ2n) is 6.62. The van der Waals surface area contributed by atoms with Crippen molar-refractivity contribution in [3.8, 4) is 23.3 Å².